The molecule has 5 heteroatoms. The van der Waals surface area contributed by atoms with E-state index in [0.29, 0.717) is 18.8 Å². The fraction of sp³-hybridized carbons (Fsp3) is 0.304. The Balaban J connectivity index is 1.54. The van der Waals surface area contributed by atoms with Gasteiger partial charge in [0.1, 0.15) is 5.69 Å². The Morgan fingerprint density at radius 1 is 1.07 bits per heavy atom. The molecule has 1 aromatic heterocycles. The summed E-state index contributed by atoms with van der Waals surface area (Å²) >= 11 is 0. The van der Waals surface area contributed by atoms with Crippen molar-refractivity contribution in [3.8, 4) is 0 Å². The average Bonchev–Trinajstić information content (AvgIpc) is 3.03. The smallest absolute Gasteiger partial charge is 0.268 e. The molecular formula is C23H25N3O2. The third-order valence-electron chi connectivity index (χ3n) is 5.49. The summed E-state index contributed by atoms with van der Waals surface area (Å²) in [5, 5.41) is 6.96. The highest BCUT2D eigenvalue weighted by molar-refractivity contribution is 6.01. The molecule has 0 radical (unpaired) electrons. The largest absolute Gasteiger partial charge is 0.347 e. The van der Waals surface area contributed by atoms with Crippen LogP contribution in [-0.2, 0) is 17.9 Å². The second kappa shape index (κ2) is 7.89. The van der Waals surface area contributed by atoms with E-state index in [1.165, 1.54) is 0 Å². The van der Waals surface area contributed by atoms with Gasteiger partial charge in [0.05, 0.1) is 0 Å². The van der Waals surface area contributed by atoms with Gasteiger partial charge >= 0.3 is 0 Å². The molecule has 2 aromatic carbocycles. The highest BCUT2D eigenvalue weighted by atomic mass is 16.2. The van der Waals surface area contributed by atoms with E-state index in [0.717, 1.165) is 41.4 Å². The van der Waals surface area contributed by atoms with Crippen LogP contribution in [-0.4, -0.2) is 16.4 Å². The minimum absolute atomic E-state index is 0.0954. The zero-order chi connectivity index (χ0) is 19.5. The van der Waals surface area contributed by atoms with Gasteiger partial charge in [0.2, 0.25) is 5.91 Å². The lowest BCUT2D eigenvalue weighted by Gasteiger charge is -2.24. The van der Waals surface area contributed by atoms with Gasteiger partial charge in [-0.1, -0.05) is 36.8 Å². The molecule has 5 nitrogen and oxygen atoms in total. The summed E-state index contributed by atoms with van der Waals surface area (Å²) in [6, 6.07) is 17.6. The molecule has 2 N–H and O–H groups in total. The van der Waals surface area contributed by atoms with Crippen LogP contribution >= 0.6 is 0 Å². The van der Waals surface area contributed by atoms with Gasteiger partial charge in [-0.05, 0) is 49.6 Å². The van der Waals surface area contributed by atoms with Crippen LogP contribution in [0.4, 0.5) is 5.69 Å². The summed E-state index contributed by atoms with van der Waals surface area (Å²) in [6.45, 7) is 3.22. The molecule has 1 aliphatic rings. The molecule has 0 atom stereocenters. The molecule has 4 rings (SSSR count). The van der Waals surface area contributed by atoms with Crippen molar-refractivity contribution in [3.63, 3.8) is 0 Å². The van der Waals surface area contributed by atoms with E-state index in [1.807, 2.05) is 66.1 Å². The molecule has 2 amide bonds. The Morgan fingerprint density at radius 2 is 1.86 bits per heavy atom. The fourth-order valence-electron chi connectivity index (χ4n) is 3.66. The standard InChI is InChI=1S/C23H25N3O2/c1-2-26-20-12-11-19(25-22(27)17-9-6-10-17)13-18(20)14-21(26)23(28)24-15-16-7-4-3-5-8-16/h3-5,7-8,11-14,17H,2,6,9-10,15H2,1H3,(H,24,28)(H,25,27). The number of amides is 2. The van der Waals surface area contributed by atoms with Crippen molar-refractivity contribution >= 4 is 28.4 Å². The number of fused-ring (bicyclic) bond motifs is 1. The van der Waals surface area contributed by atoms with Gasteiger partial charge in [0.15, 0.2) is 0 Å². The zero-order valence-corrected chi connectivity index (χ0v) is 16.1. The Kier molecular flexibility index (Phi) is 5.15. The lowest BCUT2D eigenvalue weighted by Crippen LogP contribution is -2.27. The number of carbonyl (C=O) groups excluding carboxylic acids is 2. The van der Waals surface area contributed by atoms with E-state index in [1.54, 1.807) is 0 Å². The monoisotopic (exact) mass is 375 g/mol. The highest BCUT2D eigenvalue weighted by Crippen LogP contribution is 2.29. The molecule has 1 saturated carbocycles. The maximum absolute atomic E-state index is 12.8. The maximum Gasteiger partial charge on any atom is 0.268 e. The molecule has 0 aliphatic heterocycles. The topological polar surface area (TPSA) is 63.1 Å². The number of carbonyl (C=O) groups is 2. The molecule has 1 aliphatic carbocycles. The number of nitrogens with zero attached hydrogens (tertiary/aromatic N) is 1. The predicted octanol–water partition coefficient (Wildman–Crippen LogP) is 4.33. The number of rotatable bonds is 6. The zero-order valence-electron chi connectivity index (χ0n) is 16.1. The van der Waals surface area contributed by atoms with E-state index in [9.17, 15) is 9.59 Å². The van der Waals surface area contributed by atoms with Crippen LogP contribution in [0.3, 0.4) is 0 Å². The van der Waals surface area contributed by atoms with E-state index < -0.39 is 0 Å². The van der Waals surface area contributed by atoms with Crippen LogP contribution in [0, 0.1) is 5.92 Å². The Hall–Kier alpha value is -3.08. The normalized spacial score (nSPS) is 13.9. The number of aryl methyl sites for hydroxylation is 1. The maximum atomic E-state index is 12.8. The summed E-state index contributed by atoms with van der Waals surface area (Å²) in [4.78, 5) is 25.0. The van der Waals surface area contributed by atoms with Crippen LogP contribution in [0.5, 0.6) is 0 Å². The van der Waals surface area contributed by atoms with Gasteiger partial charge in [0.25, 0.3) is 5.91 Å². The molecule has 0 bridgehead atoms. The van der Waals surface area contributed by atoms with E-state index in [4.69, 9.17) is 0 Å². The van der Waals surface area contributed by atoms with E-state index >= 15 is 0 Å². The second-order valence-electron chi connectivity index (χ2n) is 7.33. The fourth-order valence-corrected chi connectivity index (χ4v) is 3.66. The van der Waals surface area contributed by atoms with Crippen molar-refractivity contribution in [2.75, 3.05) is 5.32 Å². The lowest BCUT2D eigenvalue weighted by atomic mass is 9.85. The molecular weight excluding hydrogens is 350 g/mol. The van der Waals surface area contributed by atoms with Crippen molar-refractivity contribution in [3.05, 3.63) is 65.9 Å². The molecule has 28 heavy (non-hydrogen) atoms. The Labute approximate surface area is 164 Å². The molecule has 1 fully saturated rings. The number of hydrogen-bond donors (Lipinski definition) is 2. The minimum atomic E-state index is -0.0954. The van der Waals surface area contributed by atoms with Crippen molar-refractivity contribution in [2.24, 2.45) is 5.92 Å². The van der Waals surface area contributed by atoms with E-state index in [2.05, 4.69) is 10.6 Å². The SMILES string of the molecule is CCn1c(C(=O)NCc2ccccc2)cc2cc(NC(=O)C3CCC3)ccc21. The summed E-state index contributed by atoms with van der Waals surface area (Å²) < 4.78 is 2.01. The average molecular weight is 375 g/mol. The van der Waals surface area contributed by atoms with Crippen molar-refractivity contribution in [1.82, 2.24) is 9.88 Å². The minimum Gasteiger partial charge on any atom is -0.347 e. The molecule has 0 spiro atoms. The number of benzene rings is 2. The quantitative estimate of drug-likeness (QED) is 0.674. The molecule has 1 heterocycles. The Bertz CT molecular complexity index is 1000. The number of nitrogens with one attached hydrogen (secondary N) is 2. The summed E-state index contributed by atoms with van der Waals surface area (Å²) in [6.07, 6.45) is 3.09. The Morgan fingerprint density at radius 3 is 2.54 bits per heavy atom. The van der Waals surface area contributed by atoms with Gasteiger partial charge in [-0.25, -0.2) is 0 Å². The van der Waals surface area contributed by atoms with E-state index in [-0.39, 0.29) is 17.7 Å². The third-order valence-corrected chi connectivity index (χ3v) is 5.49. The molecule has 144 valence electrons. The molecule has 0 saturated heterocycles. The van der Waals surface area contributed by atoms with Crippen LogP contribution in [0.25, 0.3) is 10.9 Å². The first kappa shape index (κ1) is 18.3. The van der Waals surface area contributed by atoms with Crippen LogP contribution in [0.2, 0.25) is 0 Å². The summed E-state index contributed by atoms with van der Waals surface area (Å²) in [5.41, 5.74) is 3.48. The molecule has 3 aromatic rings. The van der Waals surface area contributed by atoms with Crippen LogP contribution < -0.4 is 10.6 Å². The van der Waals surface area contributed by atoms with Gasteiger partial charge in [-0.3, -0.25) is 9.59 Å². The first-order valence-electron chi connectivity index (χ1n) is 9.92. The van der Waals surface area contributed by atoms with Crippen molar-refractivity contribution in [1.29, 1.82) is 0 Å². The summed E-state index contributed by atoms with van der Waals surface area (Å²) in [7, 11) is 0. The van der Waals surface area contributed by atoms with Gasteiger partial charge in [0, 0.05) is 35.6 Å². The number of anilines is 1. The highest BCUT2D eigenvalue weighted by Gasteiger charge is 2.25. The van der Waals surface area contributed by atoms with Gasteiger partial charge < -0.3 is 15.2 Å². The van der Waals surface area contributed by atoms with Crippen molar-refractivity contribution in [2.45, 2.75) is 39.3 Å². The van der Waals surface area contributed by atoms with Gasteiger partial charge in [-0.2, -0.15) is 0 Å². The van der Waals surface area contributed by atoms with Crippen LogP contribution in [0.1, 0.15) is 42.2 Å². The summed E-state index contributed by atoms with van der Waals surface area (Å²) in [5.74, 6) is 0.151. The van der Waals surface area contributed by atoms with Gasteiger partial charge in [-0.15, -0.1) is 0 Å². The molecule has 0 unspecified atom stereocenters. The lowest BCUT2D eigenvalue weighted by molar-refractivity contribution is -0.122. The number of hydrogen-bond acceptors (Lipinski definition) is 2. The first-order chi connectivity index (χ1) is 13.7. The first-order valence-corrected chi connectivity index (χ1v) is 9.92. The van der Waals surface area contributed by atoms with Crippen LogP contribution in [0.15, 0.2) is 54.6 Å². The predicted molar refractivity (Wildman–Crippen MR) is 111 cm³/mol. The third kappa shape index (κ3) is 3.65. The second-order valence-corrected chi connectivity index (χ2v) is 7.33. The number of aromatic nitrogens is 1. The van der Waals surface area contributed by atoms with Crippen molar-refractivity contribution < 1.29 is 9.59 Å².